The van der Waals surface area contributed by atoms with Gasteiger partial charge in [0.1, 0.15) is 17.3 Å². The van der Waals surface area contributed by atoms with E-state index in [1.807, 2.05) is 44.2 Å². The molecule has 0 aliphatic carbocycles. The predicted molar refractivity (Wildman–Crippen MR) is 127 cm³/mol. The lowest BCUT2D eigenvalue weighted by Crippen LogP contribution is -2.30. The number of nitrogens with zero attached hydrogens (tertiary/aromatic N) is 1. The summed E-state index contributed by atoms with van der Waals surface area (Å²) < 4.78 is 10.8. The Morgan fingerprint density at radius 1 is 0.909 bits per heavy atom. The molecule has 1 N–H and O–H groups in total. The summed E-state index contributed by atoms with van der Waals surface area (Å²) in [6.07, 6.45) is 0. The van der Waals surface area contributed by atoms with Crippen LogP contribution in [0.1, 0.15) is 28.3 Å². The number of hydrogen-bond acceptors (Lipinski definition) is 5. The van der Waals surface area contributed by atoms with Crippen LogP contribution in [0.5, 0.6) is 11.5 Å². The fourth-order valence-corrected chi connectivity index (χ4v) is 4.19. The Morgan fingerprint density at radius 3 is 2.36 bits per heavy atom. The van der Waals surface area contributed by atoms with Gasteiger partial charge in [-0.15, -0.1) is 0 Å². The smallest absolute Gasteiger partial charge is 0.300 e. The molecule has 6 heteroatoms. The van der Waals surface area contributed by atoms with Gasteiger partial charge in [0.2, 0.25) is 0 Å². The first-order chi connectivity index (χ1) is 15.9. The molecular weight excluding hydrogens is 418 g/mol. The number of carbonyl (C=O) groups is 2. The number of ether oxygens (including phenoxy) is 2. The molecule has 1 aliphatic heterocycles. The van der Waals surface area contributed by atoms with E-state index in [9.17, 15) is 14.7 Å². The number of aliphatic hydroxyl groups is 1. The van der Waals surface area contributed by atoms with Crippen LogP contribution in [-0.4, -0.2) is 31.0 Å². The van der Waals surface area contributed by atoms with Gasteiger partial charge < -0.3 is 14.6 Å². The molecule has 33 heavy (non-hydrogen) atoms. The van der Waals surface area contributed by atoms with Crippen molar-refractivity contribution in [2.45, 2.75) is 19.9 Å². The van der Waals surface area contributed by atoms with E-state index in [2.05, 4.69) is 0 Å². The number of Topliss-reactive ketones (excluding diaryl/α,β-unsaturated/α-hetero) is 1. The van der Waals surface area contributed by atoms with Crippen molar-refractivity contribution in [1.82, 2.24) is 0 Å². The van der Waals surface area contributed by atoms with E-state index in [0.717, 1.165) is 11.1 Å². The predicted octanol–water partition coefficient (Wildman–Crippen LogP) is 4.95. The molecule has 4 rings (SSSR count). The maximum absolute atomic E-state index is 13.4. The molecule has 3 aromatic carbocycles. The quantitative estimate of drug-likeness (QED) is 0.343. The van der Waals surface area contributed by atoms with Crippen LogP contribution < -0.4 is 14.4 Å². The number of carbonyl (C=O) groups excluding carboxylic acids is 2. The van der Waals surface area contributed by atoms with Crippen LogP contribution in [0.2, 0.25) is 0 Å². The van der Waals surface area contributed by atoms with E-state index in [1.54, 1.807) is 36.4 Å². The lowest BCUT2D eigenvalue weighted by atomic mass is 9.94. The minimum atomic E-state index is -0.868. The van der Waals surface area contributed by atoms with Crippen LogP contribution in [0.25, 0.3) is 5.76 Å². The zero-order valence-electron chi connectivity index (χ0n) is 19.0. The molecule has 3 aromatic rings. The van der Waals surface area contributed by atoms with Gasteiger partial charge in [0.05, 0.1) is 25.8 Å². The molecule has 0 radical (unpaired) electrons. The highest BCUT2D eigenvalue weighted by atomic mass is 16.5. The Labute approximate surface area is 192 Å². The molecule has 1 unspecified atom stereocenters. The van der Waals surface area contributed by atoms with Crippen molar-refractivity contribution in [3.63, 3.8) is 0 Å². The van der Waals surface area contributed by atoms with E-state index < -0.39 is 17.7 Å². The van der Waals surface area contributed by atoms with Crippen LogP contribution in [0.15, 0.2) is 72.3 Å². The van der Waals surface area contributed by atoms with Gasteiger partial charge in [0.25, 0.3) is 11.7 Å². The van der Waals surface area contributed by atoms with E-state index in [-0.39, 0.29) is 11.3 Å². The molecule has 168 valence electrons. The molecule has 0 bridgehead atoms. The summed E-state index contributed by atoms with van der Waals surface area (Å²) in [6.45, 7) is 3.86. The highest BCUT2D eigenvalue weighted by Gasteiger charge is 2.48. The molecule has 0 spiro atoms. The number of aliphatic hydroxyl groups excluding tert-OH is 1. The van der Waals surface area contributed by atoms with Gasteiger partial charge in [-0.25, -0.2) is 0 Å². The van der Waals surface area contributed by atoms with Crippen molar-refractivity contribution in [3.8, 4) is 11.5 Å². The fourth-order valence-electron chi connectivity index (χ4n) is 4.19. The van der Waals surface area contributed by atoms with Crippen molar-refractivity contribution in [3.05, 3.63) is 94.6 Å². The Bertz CT molecular complexity index is 1280. The number of para-hydroxylation sites is 1. The van der Waals surface area contributed by atoms with Crippen molar-refractivity contribution in [2.24, 2.45) is 0 Å². The molecule has 1 aliphatic rings. The summed E-state index contributed by atoms with van der Waals surface area (Å²) in [5.74, 6) is -0.694. The first-order valence-corrected chi connectivity index (χ1v) is 10.5. The average Bonchev–Trinajstić information content (AvgIpc) is 3.10. The molecule has 0 saturated carbocycles. The van der Waals surface area contributed by atoms with Crippen LogP contribution in [-0.2, 0) is 9.59 Å². The Kier molecular flexibility index (Phi) is 5.92. The first-order valence-electron chi connectivity index (χ1n) is 10.5. The summed E-state index contributed by atoms with van der Waals surface area (Å²) in [6, 6.07) is 18.7. The molecule has 1 fully saturated rings. The maximum atomic E-state index is 13.4. The fraction of sp³-hybridized carbons (Fsp3) is 0.185. The molecule has 1 atom stereocenters. The average molecular weight is 443 g/mol. The lowest BCUT2D eigenvalue weighted by molar-refractivity contribution is -0.132. The Balaban J connectivity index is 2.02. The van der Waals surface area contributed by atoms with E-state index in [0.29, 0.717) is 28.3 Å². The second-order valence-corrected chi connectivity index (χ2v) is 7.86. The van der Waals surface area contributed by atoms with Gasteiger partial charge in [-0.3, -0.25) is 14.5 Å². The number of amides is 1. The number of aryl methyl sites for hydroxylation is 1. The zero-order chi connectivity index (χ0) is 23.7. The lowest BCUT2D eigenvalue weighted by Gasteiger charge is -2.28. The van der Waals surface area contributed by atoms with Crippen molar-refractivity contribution in [1.29, 1.82) is 0 Å². The second kappa shape index (κ2) is 8.82. The number of hydrogen-bond donors (Lipinski definition) is 1. The van der Waals surface area contributed by atoms with E-state index in [4.69, 9.17) is 9.47 Å². The van der Waals surface area contributed by atoms with Crippen LogP contribution in [0.3, 0.4) is 0 Å². The van der Waals surface area contributed by atoms with Gasteiger partial charge in [-0.2, -0.15) is 0 Å². The highest BCUT2D eigenvalue weighted by Crippen LogP contribution is 2.46. The molecule has 1 saturated heterocycles. The number of ketones is 1. The van der Waals surface area contributed by atoms with Gasteiger partial charge >= 0.3 is 0 Å². The number of benzene rings is 3. The van der Waals surface area contributed by atoms with E-state index in [1.165, 1.54) is 19.1 Å². The van der Waals surface area contributed by atoms with Gasteiger partial charge in [-0.1, -0.05) is 42.5 Å². The summed E-state index contributed by atoms with van der Waals surface area (Å²) >= 11 is 0. The minimum Gasteiger partial charge on any atom is -0.507 e. The summed E-state index contributed by atoms with van der Waals surface area (Å²) in [7, 11) is 3.05. The number of rotatable bonds is 5. The molecule has 1 heterocycles. The molecular formula is C27H25NO5. The normalized spacial score (nSPS) is 17.3. The van der Waals surface area contributed by atoms with E-state index >= 15 is 0 Å². The molecule has 6 nitrogen and oxygen atoms in total. The second-order valence-electron chi connectivity index (χ2n) is 7.86. The third-order valence-corrected chi connectivity index (χ3v) is 6.06. The Hall–Kier alpha value is -4.06. The van der Waals surface area contributed by atoms with Crippen LogP contribution in [0.4, 0.5) is 5.69 Å². The third-order valence-electron chi connectivity index (χ3n) is 6.06. The summed E-state index contributed by atoms with van der Waals surface area (Å²) in [5, 5.41) is 11.3. The van der Waals surface area contributed by atoms with Crippen molar-refractivity contribution >= 4 is 23.1 Å². The van der Waals surface area contributed by atoms with Crippen molar-refractivity contribution < 1.29 is 24.2 Å². The highest BCUT2D eigenvalue weighted by molar-refractivity contribution is 6.51. The number of anilines is 1. The topological polar surface area (TPSA) is 76.1 Å². The number of methoxy groups -OCH3 is 2. The standard InChI is InChI=1S/C27H25NO5/c1-16-9-7-13-21(17(16)2)28-24(20-12-5-6-14-22(20)33-4)23(26(30)27(28)31)25(29)18-10-8-11-19(15-18)32-3/h5-15,24,29H,1-4H3/b25-23+. The van der Waals surface area contributed by atoms with Crippen LogP contribution in [0, 0.1) is 13.8 Å². The van der Waals surface area contributed by atoms with Crippen molar-refractivity contribution in [2.75, 3.05) is 19.1 Å². The maximum Gasteiger partial charge on any atom is 0.300 e. The van der Waals surface area contributed by atoms with Gasteiger partial charge in [-0.05, 0) is 49.2 Å². The van der Waals surface area contributed by atoms with Gasteiger partial charge in [0, 0.05) is 16.8 Å². The third kappa shape index (κ3) is 3.74. The first kappa shape index (κ1) is 22.1. The summed E-state index contributed by atoms with van der Waals surface area (Å²) in [4.78, 5) is 28.2. The zero-order valence-corrected chi connectivity index (χ0v) is 19.0. The monoisotopic (exact) mass is 443 g/mol. The van der Waals surface area contributed by atoms with Crippen LogP contribution >= 0.6 is 0 Å². The van der Waals surface area contributed by atoms with Gasteiger partial charge in [0.15, 0.2) is 0 Å². The Morgan fingerprint density at radius 2 is 1.64 bits per heavy atom. The summed E-state index contributed by atoms with van der Waals surface area (Å²) in [5.41, 5.74) is 3.45. The minimum absolute atomic E-state index is 0.00124. The SMILES string of the molecule is COc1cccc(/C(O)=C2\C(=O)C(=O)N(c3cccc(C)c3C)C2c2ccccc2OC)c1. The largest absolute Gasteiger partial charge is 0.507 e. The molecule has 1 amide bonds. The molecule has 0 aromatic heterocycles.